The lowest BCUT2D eigenvalue weighted by molar-refractivity contribution is 0.0733. The van der Waals surface area contributed by atoms with Crippen LogP contribution in [-0.2, 0) is 6.54 Å². The first-order valence-electron chi connectivity index (χ1n) is 12.5. The molecule has 0 unspecified atom stereocenters. The Labute approximate surface area is 221 Å². The normalized spacial score (nSPS) is 13.1. The van der Waals surface area contributed by atoms with Crippen molar-refractivity contribution < 1.29 is 13.9 Å². The highest BCUT2D eigenvalue weighted by Gasteiger charge is 2.31. The monoisotopic (exact) mass is 517 g/mol. The Hall–Kier alpha value is -3.64. The van der Waals surface area contributed by atoms with Crippen molar-refractivity contribution in [2.45, 2.75) is 39.2 Å². The van der Waals surface area contributed by atoms with E-state index in [0.717, 1.165) is 29.8 Å². The fourth-order valence-corrected chi connectivity index (χ4v) is 4.48. The second kappa shape index (κ2) is 10.8. The maximum atomic E-state index is 14.0. The third kappa shape index (κ3) is 5.86. The smallest absolute Gasteiger partial charge is 0.254 e. The number of hydrogen-bond acceptors (Lipinski definition) is 3. The summed E-state index contributed by atoms with van der Waals surface area (Å²) in [7, 11) is 0. The summed E-state index contributed by atoms with van der Waals surface area (Å²) in [4.78, 5) is 15.5. The van der Waals surface area contributed by atoms with E-state index in [1.54, 1.807) is 41.1 Å². The minimum Gasteiger partial charge on any atom is -0.438 e. The summed E-state index contributed by atoms with van der Waals surface area (Å²) >= 11 is 6.07. The lowest BCUT2D eigenvalue weighted by Crippen LogP contribution is -2.33. The second-order valence-corrected chi connectivity index (χ2v) is 10.2. The van der Waals surface area contributed by atoms with Gasteiger partial charge in [-0.05, 0) is 73.2 Å². The van der Waals surface area contributed by atoms with Crippen LogP contribution in [0.1, 0.15) is 54.2 Å². The zero-order chi connectivity index (χ0) is 25.9. The molecule has 1 heterocycles. The maximum absolute atomic E-state index is 14.0. The molecule has 0 atom stereocenters. The molecule has 1 saturated carbocycles. The number of aromatic nitrogens is 2. The Bertz CT molecular complexity index is 1380. The molecule has 37 heavy (non-hydrogen) atoms. The van der Waals surface area contributed by atoms with Gasteiger partial charge in [-0.2, -0.15) is 5.10 Å². The zero-order valence-corrected chi connectivity index (χ0v) is 21.7. The molecule has 0 radical (unpaired) electrons. The van der Waals surface area contributed by atoms with Crippen molar-refractivity contribution in [3.05, 3.63) is 107 Å². The lowest BCUT2D eigenvalue weighted by atomic mass is 10.0. The molecule has 1 aliphatic carbocycles. The SMILES string of the molecule is CC(C)c1nn(-c2ccccc2)c(Oc2cccc(F)c2)c1CN(CC1CC1)C(=O)c1ccc(Cl)cc1. The van der Waals surface area contributed by atoms with Crippen LogP contribution in [0.15, 0.2) is 78.9 Å². The first kappa shape index (κ1) is 25.0. The van der Waals surface area contributed by atoms with Crippen LogP contribution in [-0.4, -0.2) is 27.1 Å². The predicted octanol–water partition coefficient (Wildman–Crippen LogP) is 7.63. The fourth-order valence-electron chi connectivity index (χ4n) is 4.35. The summed E-state index contributed by atoms with van der Waals surface area (Å²) in [5, 5.41) is 5.52. The van der Waals surface area contributed by atoms with Gasteiger partial charge in [0.25, 0.3) is 5.91 Å². The molecule has 190 valence electrons. The molecule has 5 rings (SSSR count). The minimum absolute atomic E-state index is 0.0672. The van der Waals surface area contributed by atoms with Crippen LogP contribution in [0, 0.1) is 11.7 Å². The second-order valence-electron chi connectivity index (χ2n) is 9.77. The molecule has 0 spiro atoms. The summed E-state index contributed by atoms with van der Waals surface area (Å²) in [6.45, 7) is 5.11. The van der Waals surface area contributed by atoms with Gasteiger partial charge in [-0.1, -0.05) is 49.7 Å². The average molecular weight is 518 g/mol. The van der Waals surface area contributed by atoms with Crippen molar-refractivity contribution >= 4 is 17.5 Å². The minimum atomic E-state index is -0.387. The van der Waals surface area contributed by atoms with E-state index in [1.165, 1.54) is 12.1 Å². The quantitative estimate of drug-likeness (QED) is 0.229. The molecule has 1 amide bonds. The highest BCUT2D eigenvalue weighted by Crippen LogP contribution is 2.37. The van der Waals surface area contributed by atoms with Crippen LogP contribution in [0.5, 0.6) is 11.6 Å². The van der Waals surface area contributed by atoms with Crippen molar-refractivity contribution in [2.75, 3.05) is 6.54 Å². The van der Waals surface area contributed by atoms with Gasteiger partial charge in [-0.25, -0.2) is 9.07 Å². The van der Waals surface area contributed by atoms with E-state index >= 15 is 0 Å². The average Bonchev–Trinajstić information content (AvgIpc) is 3.64. The molecule has 0 bridgehead atoms. The van der Waals surface area contributed by atoms with Crippen LogP contribution in [0.4, 0.5) is 4.39 Å². The molecule has 1 fully saturated rings. The van der Waals surface area contributed by atoms with E-state index in [1.807, 2.05) is 35.2 Å². The molecular weight excluding hydrogens is 489 g/mol. The molecule has 0 saturated heterocycles. The van der Waals surface area contributed by atoms with Crippen LogP contribution >= 0.6 is 11.6 Å². The van der Waals surface area contributed by atoms with Gasteiger partial charge in [0.15, 0.2) is 0 Å². The lowest BCUT2D eigenvalue weighted by Gasteiger charge is -2.24. The molecule has 1 aliphatic rings. The number of halogens is 2. The Morgan fingerprint density at radius 3 is 2.46 bits per heavy atom. The van der Waals surface area contributed by atoms with Crippen molar-refractivity contribution in [3.63, 3.8) is 0 Å². The topological polar surface area (TPSA) is 47.4 Å². The molecule has 0 N–H and O–H groups in total. The summed E-state index contributed by atoms with van der Waals surface area (Å²) in [5.41, 5.74) is 3.05. The van der Waals surface area contributed by atoms with Gasteiger partial charge in [0.05, 0.1) is 23.5 Å². The highest BCUT2D eigenvalue weighted by molar-refractivity contribution is 6.30. The van der Waals surface area contributed by atoms with E-state index in [-0.39, 0.29) is 17.6 Å². The Balaban J connectivity index is 1.60. The number of carbonyl (C=O) groups is 1. The zero-order valence-electron chi connectivity index (χ0n) is 20.9. The van der Waals surface area contributed by atoms with Gasteiger partial charge in [0, 0.05) is 23.2 Å². The van der Waals surface area contributed by atoms with E-state index in [2.05, 4.69) is 13.8 Å². The standard InChI is InChI=1S/C30H29ClFN3O2/c1-20(2)28-27(19-34(18-21-11-12-21)29(36)22-13-15-23(31)16-14-22)30(37-26-10-6-7-24(32)17-26)35(33-28)25-8-4-3-5-9-25/h3-10,13-17,20-21H,11-12,18-19H2,1-2H3. The molecule has 0 aliphatic heterocycles. The third-order valence-corrected chi connectivity index (χ3v) is 6.68. The Kier molecular flexibility index (Phi) is 7.28. The fraction of sp³-hybridized carbons (Fsp3) is 0.267. The molecule has 3 aromatic carbocycles. The number of ether oxygens (including phenoxy) is 1. The van der Waals surface area contributed by atoms with E-state index in [4.69, 9.17) is 21.4 Å². The Morgan fingerprint density at radius 2 is 1.81 bits per heavy atom. The van der Waals surface area contributed by atoms with Gasteiger partial charge in [0.2, 0.25) is 5.88 Å². The number of hydrogen-bond donors (Lipinski definition) is 0. The van der Waals surface area contributed by atoms with Crippen LogP contribution < -0.4 is 4.74 Å². The van der Waals surface area contributed by atoms with Crippen molar-refractivity contribution in [1.29, 1.82) is 0 Å². The van der Waals surface area contributed by atoms with Crippen LogP contribution in [0.3, 0.4) is 0 Å². The van der Waals surface area contributed by atoms with E-state index < -0.39 is 0 Å². The summed E-state index contributed by atoms with van der Waals surface area (Å²) < 4.78 is 22.1. The molecular formula is C30H29ClFN3O2. The van der Waals surface area contributed by atoms with Crippen LogP contribution in [0.2, 0.25) is 5.02 Å². The van der Waals surface area contributed by atoms with Crippen molar-refractivity contribution in [1.82, 2.24) is 14.7 Å². The number of benzene rings is 3. The summed E-state index contributed by atoms with van der Waals surface area (Å²) in [5.74, 6) is 0.944. The molecule has 1 aromatic heterocycles. The number of carbonyl (C=O) groups excluding carboxylic acids is 1. The highest BCUT2D eigenvalue weighted by atomic mass is 35.5. The number of amides is 1. The number of rotatable bonds is 9. The molecule has 7 heteroatoms. The Morgan fingerprint density at radius 1 is 1.08 bits per heavy atom. The van der Waals surface area contributed by atoms with Gasteiger partial charge in [-0.3, -0.25) is 4.79 Å². The third-order valence-electron chi connectivity index (χ3n) is 6.43. The summed E-state index contributed by atoms with van der Waals surface area (Å²) in [6.07, 6.45) is 2.22. The molecule has 5 nitrogen and oxygen atoms in total. The largest absolute Gasteiger partial charge is 0.438 e. The first-order valence-corrected chi connectivity index (χ1v) is 12.9. The summed E-state index contributed by atoms with van der Waals surface area (Å²) in [6, 6.07) is 22.7. The van der Waals surface area contributed by atoms with Crippen LogP contribution in [0.25, 0.3) is 5.69 Å². The number of nitrogens with zero attached hydrogens (tertiary/aromatic N) is 3. The van der Waals surface area contributed by atoms with Gasteiger partial charge in [-0.15, -0.1) is 0 Å². The molecule has 4 aromatic rings. The van der Waals surface area contributed by atoms with E-state index in [9.17, 15) is 9.18 Å². The van der Waals surface area contributed by atoms with Crippen molar-refractivity contribution in [3.8, 4) is 17.3 Å². The van der Waals surface area contributed by atoms with Gasteiger partial charge < -0.3 is 9.64 Å². The van der Waals surface area contributed by atoms with E-state index in [0.29, 0.717) is 41.2 Å². The predicted molar refractivity (Wildman–Crippen MR) is 143 cm³/mol. The van der Waals surface area contributed by atoms with Crippen molar-refractivity contribution in [2.24, 2.45) is 5.92 Å². The maximum Gasteiger partial charge on any atom is 0.254 e. The van der Waals surface area contributed by atoms with Gasteiger partial charge >= 0.3 is 0 Å². The number of para-hydroxylation sites is 1. The first-order chi connectivity index (χ1) is 17.9. The van der Waals surface area contributed by atoms with Gasteiger partial charge in [0.1, 0.15) is 11.6 Å².